The molecule has 0 spiro atoms. The Morgan fingerprint density at radius 1 is 1.00 bits per heavy atom. The van der Waals surface area contributed by atoms with Gasteiger partial charge < -0.3 is 9.80 Å². The van der Waals surface area contributed by atoms with E-state index in [2.05, 4.69) is 44.3 Å². The van der Waals surface area contributed by atoms with Gasteiger partial charge >= 0.3 is 0 Å². The molecule has 0 unspecified atom stereocenters. The predicted octanol–water partition coefficient (Wildman–Crippen LogP) is 1.22. The molecule has 0 atom stereocenters. The summed E-state index contributed by atoms with van der Waals surface area (Å²) in [5.74, 6) is 0. The van der Waals surface area contributed by atoms with Crippen LogP contribution in [0.1, 0.15) is 0 Å². The highest BCUT2D eigenvalue weighted by Gasteiger charge is 2.04. The average molecular weight is 222 g/mol. The highest BCUT2D eigenvalue weighted by Crippen LogP contribution is 2.35. The first-order valence-corrected chi connectivity index (χ1v) is 8.57. The summed E-state index contributed by atoms with van der Waals surface area (Å²) in [5, 5.41) is 0. The number of hydrogen-bond donors (Lipinski definition) is 0. The van der Waals surface area contributed by atoms with Gasteiger partial charge in [0.05, 0.1) is 0 Å². The first-order chi connectivity index (χ1) is 5.81. The number of rotatable bonds is 6. The molecule has 0 radical (unpaired) electrons. The predicted molar refractivity (Wildman–Crippen MR) is 67.1 cm³/mol. The maximum absolute atomic E-state index is 5.41. The number of hydrogen-bond acceptors (Lipinski definition) is 3. The van der Waals surface area contributed by atoms with Crippen molar-refractivity contribution in [2.75, 3.05) is 60.3 Å². The Morgan fingerprint density at radius 2 is 1.54 bits per heavy atom. The van der Waals surface area contributed by atoms with Crippen LogP contribution in [-0.2, 0) is 11.8 Å². The summed E-state index contributed by atoms with van der Waals surface area (Å²) in [4.78, 5) is 4.58. The lowest BCUT2D eigenvalue weighted by Gasteiger charge is -2.21. The molecule has 0 aliphatic rings. The molecule has 0 amide bonds. The summed E-state index contributed by atoms with van der Waals surface area (Å²) >= 11 is 5.41. The molecule has 0 saturated heterocycles. The zero-order chi connectivity index (χ0) is 10.5. The topological polar surface area (TPSA) is 6.48 Å². The normalized spacial score (nSPS) is 12.8. The van der Waals surface area contributed by atoms with Crippen LogP contribution in [0.5, 0.6) is 0 Å². The fourth-order valence-corrected chi connectivity index (χ4v) is 1.96. The van der Waals surface area contributed by atoms with Crippen molar-refractivity contribution in [2.24, 2.45) is 0 Å². The molecule has 2 nitrogen and oxygen atoms in total. The van der Waals surface area contributed by atoms with E-state index in [0.29, 0.717) is 0 Å². The molecule has 0 aromatic heterocycles. The summed E-state index contributed by atoms with van der Waals surface area (Å²) in [7, 11) is 6.39. The van der Waals surface area contributed by atoms with Crippen LogP contribution >= 0.6 is 6.04 Å². The van der Waals surface area contributed by atoms with Gasteiger partial charge in [0.1, 0.15) is 0 Å². The Morgan fingerprint density at radius 3 is 1.92 bits per heavy atom. The molecular weight excluding hydrogens is 199 g/mol. The van der Waals surface area contributed by atoms with Gasteiger partial charge in [0.15, 0.2) is 0 Å². The van der Waals surface area contributed by atoms with Crippen molar-refractivity contribution in [1.82, 2.24) is 9.80 Å². The SMILES string of the molecule is CN(C)CCN(C)CCP(C)(C)=S. The molecule has 0 heterocycles. The Balaban J connectivity index is 3.52. The van der Waals surface area contributed by atoms with Crippen molar-refractivity contribution in [2.45, 2.75) is 0 Å². The van der Waals surface area contributed by atoms with Crippen LogP contribution in [0, 0.1) is 0 Å². The second-order valence-electron chi connectivity index (χ2n) is 4.40. The van der Waals surface area contributed by atoms with Gasteiger partial charge in [0.2, 0.25) is 0 Å². The van der Waals surface area contributed by atoms with E-state index in [1.165, 1.54) is 6.16 Å². The summed E-state index contributed by atoms with van der Waals surface area (Å²) < 4.78 is 0. The Hall–Kier alpha value is 0.570. The molecule has 0 aliphatic carbocycles. The van der Waals surface area contributed by atoms with Gasteiger partial charge in [0.25, 0.3) is 0 Å². The van der Waals surface area contributed by atoms with Gasteiger partial charge in [0, 0.05) is 19.6 Å². The lowest BCUT2D eigenvalue weighted by atomic mass is 10.5. The number of likely N-dealkylation sites (N-methyl/N-ethyl adjacent to an activating group) is 2. The summed E-state index contributed by atoms with van der Waals surface area (Å²) in [6.45, 7) is 7.87. The van der Waals surface area contributed by atoms with E-state index in [0.717, 1.165) is 19.6 Å². The van der Waals surface area contributed by atoms with Gasteiger partial charge in [-0.2, -0.15) is 0 Å². The van der Waals surface area contributed by atoms with Crippen LogP contribution in [0.15, 0.2) is 0 Å². The molecule has 80 valence electrons. The van der Waals surface area contributed by atoms with Gasteiger partial charge in [-0.15, -0.1) is 0 Å². The Labute approximate surface area is 88.3 Å². The third-order valence-corrected chi connectivity index (χ3v) is 3.77. The molecular formula is C9H23N2PS. The van der Waals surface area contributed by atoms with Crippen LogP contribution < -0.4 is 0 Å². The van der Waals surface area contributed by atoms with Crippen molar-refractivity contribution in [3.05, 3.63) is 0 Å². The van der Waals surface area contributed by atoms with Gasteiger partial charge in [-0.1, -0.05) is 11.8 Å². The minimum atomic E-state index is -0.989. The molecule has 0 N–H and O–H groups in total. The first-order valence-electron chi connectivity index (χ1n) is 4.68. The smallest absolute Gasteiger partial charge is 0.0106 e. The Kier molecular flexibility index (Phi) is 6.40. The lowest BCUT2D eigenvalue weighted by molar-refractivity contribution is 0.294. The average Bonchev–Trinajstić information content (AvgIpc) is 1.95. The van der Waals surface area contributed by atoms with Crippen LogP contribution in [0.4, 0.5) is 0 Å². The minimum Gasteiger partial charge on any atom is -0.308 e. The molecule has 0 aromatic carbocycles. The Bertz CT molecular complexity index is 176. The molecule has 0 aromatic rings. The molecule has 4 heteroatoms. The van der Waals surface area contributed by atoms with Crippen molar-refractivity contribution in [3.63, 3.8) is 0 Å². The highest BCUT2D eigenvalue weighted by atomic mass is 32.4. The lowest BCUT2D eigenvalue weighted by Crippen LogP contribution is -2.30. The zero-order valence-corrected chi connectivity index (χ0v) is 11.3. The second-order valence-corrected chi connectivity index (χ2v) is 11.0. The summed E-state index contributed by atoms with van der Waals surface area (Å²) in [6.07, 6.45) is 1.20. The van der Waals surface area contributed by atoms with Crippen molar-refractivity contribution in [1.29, 1.82) is 0 Å². The van der Waals surface area contributed by atoms with E-state index in [4.69, 9.17) is 11.8 Å². The van der Waals surface area contributed by atoms with Crippen LogP contribution in [0.2, 0.25) is 0 Å². The van der Waals surface area contributed by atoms with E-state index in [1.54, 1.807) is 0 Å². The molecule has 13 heavy (non-hydrogen) atoms. The van der Waals surface area contributed by atoms with Crippen LogP contribution in [-0.4, -0.2) is 70.1 Å². The largest absolute Gasteiger partial charge is 0.308 e. The van der Waals surface area contributed by atoms with E-state index in [-0.39, 0.29) is 0 Å². The maximum Gasteiger partial charge on any atom is 0.0106 e. The van der Waals surface area contributed by atoms with Crippen LogP contribution in [0.3, 0.4) is 0 Å². The van der Waals surface area contributed by atoms with Crippen molar-refractivity contribution >= 4 is 17.8 Å². The number of nitrogens with zero attached hydrogens (tertiary/aromatic N) is 2. The third kappa shape index (κ3) is 10.5. The van der Waals surface area contributed by atoms with E-state index in [1.807, 2.05) is 0 Å². The van der Waals surface area contributed by atoms with Gasteiger partial charge in [-0.05, 0) is 46.7 Å². The fraction of sp³-hybridized carbons (Fsp3) is 1.00. The standard InChI is InChI=1S/C9H23N2PS/c1-10(2)6-7-11(3)8-9-12(4,5)13/h6-9H2,1-5H3. The molecule has 0 aliphatic heterocycles. The third-order valence-electron chi connectivity index (χ3n) is 1.95. The molecule has 0 fully saturated rings. The van der Waals surface area contributed by atoms with Gasteiger partial charge in [-0.3, -0.25) is 0 Å². The van der Waals surface area contributed by atoms with E-state index in [9.17, 15) is 0 Å². The van der Waals surface area contributed by atoms with E-state index < -0.39 is 6.04 Å². The summed E-state index contributed by atoms with van der Waals surface area (Å²) in [5.41, 5.74) is 0. The minimum absolute atomic E-state index is 0.989. The molecule has 0 saturated carbocycles. The van der Waals surface area contributed by atoms with Crippen molar-refractivity contribution < 1.29 is 0 Å². The zero-order valence-electron chi connectivity index (χ0n) is 9.58. The van der Waals surface area contributed by atoms with E-state index >= 15 is 0 Å². The quantitative estimate of drug-likeness (QED) is 0.624. The first kappa shape index (κ1) is 13.6. The van der Waals surface area contributed by atoms with Gasteiger partial charge in [-0.25, -0.2) is 0 Å². The fourth-order valence-electron chi connectivity index (χ4n) is 0.894. The highest BCUT2D eigenvalue weighted by molar-refractivity contribution is 8.14. The molecule has 0 rings (SSSR count). The monoisotopic (exact) mass is 222 g/mol. The van der Waals surface area contributed by atoms with Crippen LogP contribution in [0.25, 0.3) is 0 Å². The maximum atomic E-state index is 5.41. The van der Waals surface area contributed by atoms with Crippen molar-refractivity contribution in [3.8, 4) is 0 Å². The second kappa shape index (κ2) is 6.13. The molecule has 0 bridgehead atoms. The summed E-state index contributed by atoms with van der Waals surface area (Å²) in [6, 6.07) is -0.989.